The first-order valence-electron chi connectivity index (χ1n) is 38.5. The molecule has 7 aromatic rings. The van der Waals surface area contributed by atoms with Crippen molar-refractivity contribution in [3.63, 3.8) is 0 Å². The van der Waals surface area contributed by atoms with Gasteiger partial charge in [-0.3, -0.25) is 167 Å². The summed E-state index contributed by atoms with van der Waals surface area (Å²) in [4.78, 5) is 273. The number of imide groups is 16. The Kier molecular flexibility index (Phi) is 35.4. The monoisotopic (exact) mass is 1890 g/mol. The molecule has 16 N–H and O–H groups in total. The van der Waals surface area contributed by atoms with Gasteiger partial charge in [-0.2, -0.15) is 0 Å². The second kappa shape index (κ2) is 47.6. The van der Waals surface area contributed by atoms with Crippen LogP contribution >= 0.6 is 34.8 Å². The lowest BCUT2D eigenvalue weighted by Gasteiger charge is -2.20. The molecule has 0 spiro atoms. The first-order valence-corrected chi connectivity index (χ1v) is 39.7. The van der Waals surface area contributed by atoms with E-state index in [2.05, 4.69) is 15.6 Å². The molecule has 134 heavy (non-hydrogen) atoms. The smallest absolute Gasteiger partial charge is 0.328 e. The van der Waals surface area contributed by atoms with Crippen LogP contribution in [0, 0.1) is 11.7 Å². The summed E-state index contributed by atoms with van der Waals surface area (Å²) in [5.41, 5.74) is 3.47. The van der Waals surface area contributed by atoms with E-state index in [-0.39, 0.29) is 50.5 Å². The molecule has 0 atom stereocenters. The van der Waals surface area contributed by atoms with E-state index in [0.29, 0.717) is 48.6 Å². The summed E-state index contributed by atoms with van der Waals surface area (Å²) in [5, 5.41) is 33.1. The molecule has 1 saturated carbocycles. The maximum atomic E-state index is 12.6. The number of halogens is 4. The number of nitrogens with one attached hydrogen (secondary N) is 16. The van der Waals surface area contributed by atoms with Crippen LogP contribution in [0.15, 0.2) is 227 Å². The van der Waals surface area contributed by atoms with Crippen LogP contribution in [-0.4, -0.2) is 155 Å². The first kappa shape index (κ1) is 99.6. The van der Waals surface area contributed by atoms with Crippen LogP contribution in [0.2, 0.25) is 15.1 Å². The van der Waals surface area contributed by atoms with Crippen molar-refractivity contribution in [1.82, 2.24) is 90.1 Å². The number of hydrogen-bond acceptors (Lipinski definition) is 26. The summed E-state index contributed by atoms with van der Waals surface area (Å²) in [6, 6.07) is 38.1. The third-order valence-electron chi connectivity index (χ3n) is 17.8. The summed E-state index contributed by atoms with van der Waals surface area (Å²) >= 11 is 17.3. The molecule has 6 aromatic carbocycles. The lowest BCUT2D eigenvalue weighted by atomic mass is 9.87. The highest BCUT2D eigenvalue weighted by molar-refractivity contribution is 6.42. The van der Waals surface area contributed by atoms with Crippen molar-refractivity contribution in [3.8, 4) is 5.75 Å². The number of urea groups is 8. The quantitative estimate of drug-likeness (QED) is 0.0634. The zero-order valence-electron chi connectivity index (χ0n) is 68.6. The lowest BCUT2D eigenvalue weighted by molar-refractivity contribution is -0.125. The van der Waals surface area contributed by atoms with Crippen molar-refractivity contribution < 1.29 is 124 Å². The van der Waals surface area contributed by atoms with E-state index in [1.54, 1.807) is 134 Å². The van der Waals surface area contributed by atoms with E-state index in [4.69, 9.17) is 39.5 Å². The Bertz CT molecular complexity index is 5970. The Hall–Kier alpha value is -18.1. The Morgan fingerprint density at radius 3 is 0.851 bits per heavy atom. The summed E-state index contributed by atoms with van der Waals surface area (Å²) in [6.45, 7) is 0. The van der Waals surface area contributed by atoms with Gasteiger partial charge in [0.1, 0.15) is 56.2 Å². The summed E-state index contributed by atoms with van der Waals surface area (Å²) in [5.74, 6) is -10.8. The van der Waals surface area contributed by atoms with Crippen molar-refractivity contribution in [1.29, 1.82) is 0 Å². The number of benzene rings is 6. The van der Waals surface area contributed by atoms with Gasteiger partial charge in [-0.05, 0) is 155 Å². The maximum Gasteiger partial charge on any atom is 0.328 e. The van der Waals surface area contributed by atoms with Gasteiger partial charge in [-0.25, -0.2) is 42.7 Å². The molecule has 8 saturated heterocycles. The number of barbiturate groups is 8. The highest BCUT2D eigenvalue weighted by Gasteiger charge is 2.35. The minimum atomic E-state index is -0.851. The molecule has 682 valence electrons. The van der Waals surface area contributed by atoms with Gasteiger partial charge in [-0.1, -0.05) is 169 Å². The minimum absolute atomic E-state index is 0.0755. The predicted octanol–water partition coefficient (Wildman–Crippen LogP) is 5.41. The van der Waals surface area contributed by atoms with Crippen molar-refractivity contribution in [2.45, 2.75) is 32.1 Å². The molecule has 32 amide bonds. The number of pyridine rings is 1. The molecule has 42 nitrogen and oxygen atoms in total. The number of nitrogens with zero attached hydrogens (tertiary/aromatic N) is 1. The van der Waals surface area contributed by atoms with Crippen LogP contribution in [0.25, 0.3) is 42.5 Å². The fourth-order valence-electron chi connectivity index (χ4n) is 11.6. The van der Waals surface area contributed by atoms with E-state index < -0.39 is 149 Å². The largest absolute Gasteiger partial charge is 0.497 e. The molecule has 1 aromatic heterocycles. The Labute approximate surface area is 767 Å². The van der Waals surface area contributed by atoms with Crippen LogP contribution < -0.4 is 89.8 Å². The first-order chi connectivity index (χ1) is 63.8. The third kappa shape index (κ3) is 30.3. The van der Waals surface area contributed by atoms with Crippen molar-refractivity contribution >= 4 is 220 Å². The zero-order chi connectivity index (χ0) is 97.4. The van der Waals surface area contributed by atoms with Gasteiger partial charge < -0.3 is 4.74 Å². The number of aromatic nitrogens is 1. The maximum absolute atomic E-state index is 12.6. The SMILES string of the molecule is COc1cccc(C=C2C(=O)NC(=O)NC2=O)c1.O=C1NC(=O)C(=CC2CCCCC2)C(=O)N1.O=C1NC(=O)C(=Cc2ccc(Cl)c(Cl)c2)C(=O)N1.O=C1NC(=O)C(=Cc2ccc(F)cc2)C(=O)N1.O=C1NC(=O)C(=Cc2cccc(Cl)c2)C(=O)N1.O=C1NC(=O)C(=Cc2ccccc2)C(=O)N1.O=C1NC(=O)C(=Cc2ccccc2)C(=O)N1.O=C1NC(=O)C(=Cc2cccnc2)C(=O)N1. The standard InChI is InChI=1S/C12H10N2O4.C11H6Cl2N2O3.C11H7ClN2O3.C11H7FN2O3.C11H14N2O3.2C11H8N2O3.C10H7N3O3/c1-18-8-4-2-3-7(5-8)6-9-10(15)13-12(17)14-11(9)16;12-7-2-1-5(4-8(7)13)3-6-9(16)14-11(18)15-10(6)17;12-7-3-1-2-6(4-7)5-8-9(15)13-11(17)14-10(8)16;12-7-3-1-6(2-4-7)5-8-9(15)13-11(17)14-10(8)16;3*14-9-8(10(15)13-11(16)12-9)6-7-4-2-1-3-5-7;14-8-7(9(15)13-10(16)12-8)4-6-2-1-3-11-5-6/h2-6H,1H3,(H2,13,14,15,16,17);1-4H,(H2,14,15,16,17,18);2*1-5H,(H2,13,14,15,16,17);6-7H,1-5H2,(H2,12,13,14,15,16);2*1-6H,(H2,12,13,14,15,16);1-5H,(H2,12,13,14,15,16). The third-order valence-corrected chi connectivity index (χ3v) is 18.8. The predicted molar refractivity (Wildman–Crippen MR) is 468 cm³/mol. The molecule has 9 fully saturated rings. The molecular formula is C88H67Cl3FN17O25. The summed E-state index contributed by atoms with van der Waals surface area (Å²) in [6.07, 6.45) is 19.9. The van der Waals surface area contributed by atoms with Crippen molar-refractivity contribution in [2.24, 2.45) is 5.92 Å². The van der Waals surface area contributed by atoms with E-state index in [9.17, 15) is 119 Å². The van der Waals surface area contributed by atoms with Crippen LogP contribution in [-0.2, 0) is 76.7 Å². The molecule has 1 aliphatic carbocycles. The highest BCUT2D eigenvalue weighted by Crippen LogP contribution is 2.28. The molecule has 16 rings (SSSR count). The van der Waals surface area contributed by atoms with Crippen LogP contribution in [0.3, 0.4) is 0 Å². The summed E-state index contributed by atoms with van der Waals surface area (Å²) < 4.78 is 17.7. The number of hydrogen-bond donors (Lipinski definition) is 16. The molecule has 9 heterocycles. The Morgan fingerprint density at radius 2 is 0.545 bits per heavy atom. The van der Waals surface area contributed by atoms with Gasteiger partial charge in [0.15, 0.2) is 0 Å². The van der Waals surface area contributed by atoms with Crippen LogP contribution in [0.4, 0.5) is 42.7 Å². The van der Waals surface area contributed by atoms with E-state index >= 15 is 0 Å². The lowest BCUT2D eigenvalue weighted by Crippen LogP contribution is -2.51. The molecular weight excluding hydrogens is 1820 g/mol. The molecule has 0 radical (unpaired) electrons. The molecule has 9 aliphatic rings. The van der Waals surface area contributed by atoms with E-state index in [1.165, 1.54) is 92.6 Å². The van der Waals surface area contributed by atoms with Gasteiger partial charge in [0.25, 0.3) is 94.5 Å². The Morgan fingerprint density at radius 1 is 0.276 bits per heavy atom. The zero-order valence-corrected chi connectivity index (χ0v) is 70.9. The fourth-order valence-corrected chi connectivity index (χ4v) is 12.1. The average Bonchev–Trinajstić information content (AvgIpc) is 0.861. The molecule has 8 aliphatic heterocycles. The topological polar surface area (TPSA) is 624 Å². The normalized spacial score (nSPS) is 16.2. The number of carbonyl (C=O) groups excluding carboxylic acids is 24. The summed E-state index contributed by atoms with van der Waals surface area (Å²) in [7, 11) is 1.52. The van der Waals surface area contributed by atoms with Gasteiger partial charge in [0, 0.05) is 17.4 Å². The highest BCUT2D eigenvalue weighted by atomic mass is 35.5. The molecule has 0 unspecified atom stereocenters. The van der Waals surface area contributed by atoms with Crippen LogP contribution in [0.1, 0.15) is 71.0 Å². The van der Waals surface area contributed by atoms with Crippen molar-refractivity contribution in [2.75, 3.05) is 7.11 Å². The number of methoxy groups -OCH3 is 1. The second-order valence-corrected chi connectivity index (χ2v) is 28.7. The second-order valence-electron chi connectivity index (χ2n) is 27.4. The number of ether oxygens (including phenoxy) is 1. The average molecular weight is 1890 g/mol. The van der Waals surface area contributed by atoms with E-state index in [0.717, 1.165) is 36.8 Å². The van der Waals surface area contributed by atoms with Gasteiger partial charge in [0.05, 0.1) is 17.2 Å². The fraction of sp³-hybridized carbons (Fsp3) is 0.0795. The van der Waals surface area contributed by atoms with Crippen molar-refractivity contribution in [3.05, 3.63) is 287 Å². The van der Waals surface area contributed by atoms with E-state index in [1.807, 2.05) is 86.6 Å². The Balaban J connectivity index is 0.000000172. The molecule has 0 bridgehead atoms. The number of rotatable bonds is 9. The van der Waals surface area contributed by atoms with Crippen LogP contribution in [0.5, 0.6) is 5.75 Å². The van der Waals surface area contributed by atoms with Gasteiger partial charge >= 0.3 is 48.2 Å². The van der Waals surface area contributed by atoms with Gasteiger partial charge in [0.2, 0.25) is 0 Å². The van der Waals surface area contributed by atoms with Gasteiger partial charge in [-0.15, -0.1) is 0 Å². The number of allylic oxidation sites excluding steroid dienone is 1. The molecule has 46 heteroatoms. The number of carbonyl (C=O) groups is 24. The number of amides is 32. The minimum Gasteiger partial charge on any atom is -0.497 e.